The van der Waals surface area contributed by atoms with Crippen molar-refractivity contribution >= 4 is 22.4 Å². The number of hydrogen-bond donors (Lipinski definition) is 1. The van der Waals surface area contributed by atoms with Crippen LogP contribution in [0.1, 0.15) is 5.56 Å². The van der Waals surface area contributed by atoms with Crippen LogP contribution in [-0.4, -0.2) is 11.7 Å². The second kappa shape index (κ2) is 3.99. The predicted molar refractivity (Wildman–Crippen MR) is 59.7 cm³/mol. The highest BCUT2D eigenvalue weighted by molar-refractivity contribution is 6.35. The zero-order valence-corrected chi connectivity index (χ0v) is 8.46. The molecule has 1 N–H and O–H groups in total. The predicted octanol–water partition coefficient (Wildman–Crippen LogP) is 3.03. The fraction of sp³-hybridized carbons (Fsp3) is 0.167. The molecular weight excluding hydrogens is 196 g/mol. The standard InChI is InChI=1S/C12H11ClO/c13-12-3-1-2-10-8-9(6-7-14)4-5-11(10)12/h1-5,8,14H,6-7H2. The number of halogens is 1. The van der Waals surface area contributed by atoms with Gasteiger partial charge in [-0.1, -0.05) is 41.9 Å². The lowest BCUT2D eigenvalue weighted by atomic mass is 10.1. The van der Waals surface area contributed by atoms with Crippen LogP contribution in [-0.2, 0) is 6.42 Å². The Bertz CT molecular complexity index is 451. The molecule has 2 aromatic rings. The first-order valence-corrected chi connectivity index (χ1v) is 4.97. The molecule has 2 aromatic carbocycles. The Morgan fingerprint density at radius 3 is 2.79 bits per heavy atom. The SMILES string of the molecule is OCCc1ccc2c(Cl)cccc2c1. The highest BCUT2D eigenvalue weighted by Gasteiger charge is 1.99. The Morgan fingerprint density at radius 1 is 1.14 bits per heavy atom. The summed E-state index contributed by atoms with van der Waals surface area (Å²) in [4.78, 5) is 0. The van der Waals surface area contributed by atoms with Crippen LogP contribution in [0.25, 0.3) is 10.8 Å². The van der Waals surface area contributed by atoms with Crippen LogP contribution in [0, 0.1) is 0 Å². The number of rotatable bonds is 2. The van der Waals surface area contributed by atoms with Crippen LogP contribution in [0.5, 0.6) is 0 Å². The summed E-state index contributed by atoms with van der Waals surface area (Å²) in [7, 11) is 0. The molecule has 0 aliphatic heterocycles. The van der Waals surface area contributed by atoms with Gasteiger partial charge in [-0.05, 0) is 23.4 Å². The molecule has 0 amide bonds. The van der Waals surface area contributed by atoms with Gasteiger partial charge in [-0.15, -0.1) is 0 Å². The first-order valence-electron chi connectivity index (χ1n) is 4.59. The lowest BCUT2D eigenvalue weighted by molar-refractivity contribution is 0.299. The van der Waals surface area contributed by atoms with Crippen molar-refractivity contribution in [1.82, 2.24) is 0 Å². The molecule has 2 heteroatoms. The van der Waals surface area contributed by atoms with Crippen molar-refractivity contribution in [2.75, 3.05) is 6.61 Å². The summed E-state index contributed by atoms with van der Waals surface area (Å²) in [6.45, 7) is 0.187. The van der Waals surface area contributed by atoms with E-state index >= 15 is 0 Å². The van der Waals surface area contributed by atoms with Gasteiger partial charge in [-0.2, -0.15) is 0 Å². The second-order valence-corrected chi connectivity index (χ2v) is 3.68. The molecule has 0 unspecified atom stereocenters. The van der Waals surface area contributed by atoms with E-state index in [0.29, 0.717) is 6.42 Å². The third-order valence-corrected chi connectivity index (χ3v) is 2.62. The number of hydrogen-bond acceptors (Lipinski definition) is 1. The molecule has 0 saturated carbocycles. The molecule has 0 atom stereocenters. The molecule has 0 aromatic heterocycles. The van der Waals surface area contributed by atoms with Gasteiger partial charge < -0.3 is 5.11 Å². The van der Waals surface area contributed by atoms with Gasteiger partial charge in [-0.25, -0.2) is 0 Å². The highest BCUT2D eigenvalue weighted by Crippen LogP contribution is 2.24. The number of aliphatic hydroxyl groups is 1. The Balaban J connectivity index is 2.56. The van der Waals surface area contributed by atoms with Crippen LogP contribution in [0.4, 0.5) is 0 Å². The van der Waals surface area contributed by atoms with Gasteiger partial charge in [0.05, 0.1) is 0 Å². The molecule has 14 heavy (non-hydrogen) atoms. The van der Waals surface area contributed by atoms with Crippen molar-refractivity contribution in [3.05, 3.63) is 47.0 Å². The summed E-state index contributed by atoms with van der Waals surface area (Å²) >= 11 is 6.04. The molecule has 0 aliphatic carbocycles. The van der Waals surface area contributed by atoms with Gasteiger partial charge in [0.15, 0.2) is 0 Å². The van der Waals surface area contributed by atoms with E-state index in [2.05, 4.69) is 6.07 Å². The fourth-order valence-corrected chi connectivity index (χ4v) is 1.82. The zero-order chi connectivity index (χ0) is 9.97. The van der Waals surface area contributed by atoms with E-state index in [1.165, 1.54) is 0 Å². The van der Waals surface area contributed by atoms with Gasteiger partial charge in [0.1, 0.15) is 0 Å². The van der Waals surface area contributed by atoms with Crippen LogP contribution in [0.2, 0.25) is 5.02 Å². The second-order valence-electron chi connectivity index (χ2n) is 3.27. The maximum absolute atomic E-state index is 8.82. The van der Waals surface area contributed by atoms with Crippen LogP contribution < -0.4 is 0 Å². The average Bonchev–Trinajstić information content (AvgIpc) is 2.18. The first-order chi connectivity index (χ1) is 6.81. The van der Waals surface area contributed by atoms with E-state index in [1.807, 2.05) is 30.3 Å². The molecule has 0 aliphatic rings. The fourth-order valence-electron chi connectivity index (χ4n) is 1.58. The molecule has 72 valence electrons. The maximum Gasteiger partial charge on any atom is 0.0484 e. The maximum atomic E-state index is 8.82. The highest BCUT2D eigenvalue weighted by atomic mass is 35.5. The minimum Gasteiger partial charge on any atom is -0.396 e. The third kappa shape index (κ3) is 1.74. The summed E-state index contributed by atoms with van der Waals surface area (Å²) in [5, 5.41) is 11.8. The number of fused-ring (bicyclic) bond motifs is 1. The van der Waals surface area contributed by atoms with E-state index in [1.54, 1.807) is 0 Å². The lowest BCUT2D eigenvalue weighted by Gasteiger charge is -2.03. The Kier molecular flexibility index (Phi) is 2.71. The topological polar surface area (TPSA) is 20.2 Å². The quantitative estimate of drug-likeness (QED) is 0.801. The molecule has 0 saturated heterocycles. The molecular formula is C12H11ClO. The zero-order valence-electron chi connectivity index (χ0n) is 7.70. The molecule has 0 spiro atoms. The summed E-state index contributed by atoms with van der Waals surface area (Å²) in [6, 6.07) is 11.9. The van der Waals surface area contributed by atoms with E-state index in [0.717, 1.165) is 21.4 Å². The van der Waals surface area contributed by atoms with Gasteiger partial charge >= 0.3 is 0 Å². The van der Waals surface area contributed by atoms with Crippen molar-refractivity contribution in [3.63, 3.8) is 0 Å². The molecule has 0 bridgehead atoms. The van der Waals surface area contributed by atoms with Gasteiger partial charge in [0.2, 0.25) is 0 Å². The first kappa shape index (κ1) is 9.50. The summed E-state index contributed by atoms with van der Waals surface area (Å²) in [5.74, 6) is 0. The van der Waals surface area contributed by atoms with E-state index in [-0.39, 0.29) is 6.61 Å². The smallest absolute Gasteiger partial charge is 0.0484 e. The van der Waals surface area contributed by atoms with Crippen molar-refractivity contribution in [2.24, 2.45) is 0 Å². The van der Waals surface area contributed by atoms with Crippen LogP contribution >= 0.6 is 11.6 Å². The van der Waals surface area contributed by atoms with Crippen molar-refractivity contribution in [1.29, 1.82) is 0 Å². The molecule has 1 nitrogen and oxygen atoms in total. The van der Waals surface area contributed by atoms with E-state index < -0.39 is 0 Å². The molecule has 0 radical (unpaired) electrons. The van der Waals surface area contributed by atoms with Gasteiger partial charge in [0.25, 0.3) is 0 Å². The summed E-state index contributed by atoms with van der Waals surface area (Å²) in [6.07, 6.45) is 0.697. The Hall–Kier alpha value is -1.05. The average molecular weight is 207 g/mol. The molecule has 0 heterocycles. The van der Waals surface area contributed by atoms with Crippen molar-refractivity contribution in [3.8, 4) is 0 Å². The number of aliphatic hydroxyl groups excluding tert-OH is 1. The van der Waals surface area contributed by atoms with E-state index in [4.69, 9.17) is 16.7 Å². The normalized spacial score (nSPS) is 10.7. The Morgan fingerprint density at radius 2 is 2.00 bits per heavy atom. The van der Waals surface area contributed by atoms with Crippen LogP contribution in [0.3, 0.4) is 0 Å². The minimum atomic E-state index is 0.187. The largest absolute Gasteiger partial charge is 0.396 e. The third-order valence-electron chi connectivity index (χ3n) is 2.29. The molecule has 0 fully saturated rings. The lowest BCUT2D eigenvalue weighted by Crippen LogP contribution is -1.89. The Labute approximate surface area is 87.9 Å². The molecule has 2 rings (SSSR count). The van der Waals surface area contributed by atoms with Crippen LogP contribution in [0.15, 0.2) is 36.4 Å². The minimum absolute atomic E-state index is 0.187. The summed E-state index contributed by atoms with van der Waals surface area (Å²) < 4.78 is 0. The van der Waals surface area contributed by atoms with Crippen molar-refractivity contribution in [2.45, 2.75) is 6.42 Å². The monoisotopic (exact) mass is 206 g/mol. The number of benzene rings is 2. The van der Waals surface area contributed by atoms with Crippen molar-refractivity contribution < 1.29 is 5.11 Å². The summed E-state index contributed by atoms with van der Waals surface area (Å²) in [5.41, 5.74) is 1.14. The van der Waals surface area contributed by atoms with Gasteiger partial charge in [0, 0.05) is 17.0 Å². The van der Waals surface area contributed by atoms with Gasteiger partial charge in [-0.3, -0.25) is 0 Å². The van der Waals surface area contributed by atoms with E-state index in [9.17, 15) is 0 Å².